The number of aromatic nitrogens is 7. The van der Waals surface area contributed by atoms with Gasteiger partial charge in [0.2, 0.25) is 0 Å². The number of rotatable bonds is 3. The summed E-state index contributed by atoms with van der Waals surface area (Å²) >= 11 is 0. The third-order valence-corrected chi connectivity index (χ3v) is 4.90. The van der Waals surface area contributed by atoms with Gasteiger partial charge in [0.1, 0.15) is 5.82 Å². The first-order valence-electron chi connectivity index (χ1n) is 8.62. The molecule has 0 aliphatic carbocycles. The van der Waals surface area contributed by atoms with E-state index in [-0.39, 0.29) is 6.04 Å². The van der Waals surface area contributed by atoms with Gasteiger partial charge in [-0.2, -0.15) is 0 Å². The summed E-state index contributed by atoms with van der Waals surface area (Å²) in [6.07, 6.45) is 2.19. The number of hydrogen-bond donors (Lipinski definition) is 0. The van der Waals surface area contributed by atoms with Crippen molar-refractivity contribution in [3.05, 3.63) is 42.2 Å². The van der Waals surface area contributed by atoms with E-state index >= 15 is 0 Å². The van der Waals surface area contributed by atoms with Gasteiger partial charge in [0.05, 0.1) is 17.1 Å². The predicted octanol–water partition coefficient (Wildman–Crippen LogP) is 2.23. The van der Waals surface area contributed by atoms with Crippen LogP contribution in [0.15, 0.2) is 36.4 Å². The standard InChI is InChI=1S/C17H18N8/c1-2-23-13-7-4-3-6-12(13)18-17(23)14-8-5-11-24(14)16-10-9-15-19-21-22-25(15)20-16/h3-4,6-7,9-10,14H,2,5,8,11H2,1H3/t14-/m1/s1. The third-order valence-electron chi connectivity index (χ3n) is 4.90. The van der Waals surface area contributed by atoms with E-state index in [1.165, 1.54) is 10.1 Å². The van der Waals surface area contributed by atoms with Gasteiger partial charge < -0.3 is 9.47 Å². The van der Waals surface area contributed by atoms with E-state index in [4.69, 9.17) is 4.98 Å². The van der Waals surface area contributed by atoms with E-state index in [9.17, 15) is 0 Å². The van der Waals surface area contributed by atoms with Gasteiger partial charge in [0.15, 0.2) is 11.5 Å². The van der Waals surface area contributed by atoms with Crippen molar-refractivity contribution in [3.8, 4) is 0 Å². The van der Waals surface area contributed by atoms with Crippen LogP contribution in [-0.4, -0.2) is 41.4 Å². The minimum Gasteiger partial charge on any atom is -0.345 e. The lowest BCUT2D eigenvalue weighted by Gasteiger charge is -2.25. The molecule has 0 unspecified atom stereocenters. The fourth-order valence-corrected chi connectivity index (χ4v) is 3.78. The zero-order valence-corrected chi connectivity index (χ0v) is 13.9. The number of fused-ring (bicyclic) bond motifs is 2. The summed E-state index contributed by atoms with van der Waals surface area (Å²) in [6.45, 7) is 4.03. The highest BCUT2D eigenvalue weighted by Gasteiger charge is 2.31. The van der Waals surface area contributed by atoms with Crippen molar-refractivity contribution in [1.82, 2.24) is 34.8 Å². The maximum absolute atomic E-state index is 4.94. The second-order valence-electron chi connectivity index (χ2n) is 6.27. The van der Waals surface area contributed by atoms with Crippen LogP contribution in [0, 0.1) is 0 Å². The molecule has 1 fully saturated rings. The molecule has 0 saturated carbocycles. The molecular weight excluding hydrogens is 316 g/mol. The summed E-state index contributed by atoms with van der Waals surface area (Å²) < 4.78 is 3.79. The average Bonchev–Trinajstić information content (AvgIpc) is 3.37. The number of hydrogen-bond acceptors (Lipinski definition) is 6. The van der Waals surface area contributed by atoms with Crippen LogP contribution in [0.1, 0.15) is 31.6 Å². The molecule has 0 spiro atoms. The highest BCUT2D eigenvalue weighted by molar-refractivity contribution is 5.76. The molecule has 1 aromatic carbocycles. The Bertz CT molecular complexity index is 1050. The Hall–Kier alpha value is -3.03. The van der Waals surface area contributed by atoms with E-state index in [1.54, 1.807) is 0 Å². The third kappa shape index (κ3) is 2.17. The maximum atomic E-state index is 4.94. The Labute approximate surface area is 144 Å². The summed E-state index contributed by atoms with van der Waals surface area (Å²) in [5, 5.41) is 16.1. The molecule has 126 valence electrons. The van der Waals surface area contributed by atoms with Gasteiger partial charge in [-0.15, -0.1) is 14.8 Å². The molecule has 0 bridgehead atoms. The van der Waals surface area contributed by atoms with Gasteiger partial charge in [-0.1, -0.05) is 12.1 Å². The molecule has 1 aliphatic heterocycles. The topological polar surface area (TPSA) is 77.0 Å². The van der Waals surface area contributed by atoms with Crippen molar-refractivity contribution >= 4 is 22.5 Å². The van der Waals surface area contributed by atoms with Gasteiger partial charge in [-0.3, -0.25) is 0 Å². The number of nitrogens with zero attached hydrogens (tertiary/aromatic N) is 8. The van der Waals surface area contributed by atoms with Gasteiger partial charge in [0, 0.05) is 13.1 Å². The summed E-state index contributed by atoms with van der Waals surface area (Å²) in [5.74, 6) is 2.00. The van der Waals surface area contributed by atoms with Crippen LogP contribution in [0.5, 0.6) is 0 Å². The van der Waals surface area contributed by atoms with Crippen LogP contribution in [0.25, 0.3) is 16.7 Å². The van der Waals surface area contributed by atoms with Crippen LogP contribution in [0.2, 0.25) is 0 Å². The molecule has 25 heavy (non-hydrogen) atoms. The summed E-state index contributed by atoms with van der Waals surface area (Å²) in [6, 6.07) is 12.4. The van der Waals surface area contributed by atoms with Crippen LogP contribution in [0.4, 0.5) is 5.82 Å². The van der Waals surface area contributed by atoms with Gasteiger partial charge in [-0.25, -0.2) is 4.98 Å². The molecule has 8 nitrogen and oxygen atoms in total. The van der Waals surface area contributed by atoms with Gasteiger partial charge in [-0.05, 0) is 54.5 Å². The van der Waals surface area contributed by atoms with Crippen LogP contribution >= 0.6 is 0 Å². The Morgan fingerprint density at radius 2 is 2.08 bits per heavy atom. The quantitative estimate of drug-likeness (QED) is 0.572. The largest absolute Gasteiger partial charge is 0.345 e. The van der Waals surface area contributed by atoms with E-state index in [0.717, 1.165) is 43.1 Å². The zero-order chi connectivity index (χ0) is 16.8. The number of benzene rings is 1. The SMILES string of the molecule is CCn1c([C@H]2CCCN2c2ccc3nnnn3n2)nc2ccccc21. The molecule has 0 amide bonds. The second kappa shape index (κ2) is 5.51. The first-order chi connectivity index (χ1) is 12.3. The lowest BCUT2D eigenvalue weighted by atomic mass is 10.2. The van der Waals surface area contributed by atoms with Crippen molar-refractivity contribution < 1.29 is 0 Å². The van der Waals surface area contributed by atoms with Gasteiger partial charge >= 0.3 is 0 Å². The van der Waals surface area contributed by atoms with E-state index < -0.39 is 0 Å². The molecule has 3 aromatic heterocycles. The van der Waals surface area contributed by atoms with E-state index in [0.29, 0.717) is 5.65 Å². The monoisotopic (exact) mass is 334 g/mol. The molecular formula is C17H18N8. The van der Waals surface area contributed by atoms with Crippen molar-refractivity contribution in [2.75, 3.05) is 11.4 Å². The molecule has 4 aromatic rings. The van der Waals surface area contributed by atoms with Crippen LogP contribution in [-0.2, 0) is 6.54 Å². The lowest BCUT2D eigenvalue weighted by molar-refractivity contribution is 0.599. The fraction of sp³-hybridized carbons (Fsp3) is 0.353. The van der Waals surface area contributed by atoms with Crippen LogP contribution in [0.3, 0.4) is 0 Å². The number of para-hydroxylation sites is 2. The van der Waals surface area contributed by atoms with Crippen molar-refractivity contribution in [1.29, 1.82) is 0 Å². The molecule has 5 rings (SSSR count). The first-order valence-corrected chi connectivity index (χ1v) is 8.62. The molecule has 8 heteroatoms. The van der Waals surface area contributed by atoms with Gasteiger partial charge in [0.25, 0.3) is 0 Å². The Morgan fingerprint density at radius 1 is 1.16 bits per heavy atom. The smallest absolute Gasteiger partial charge is 0.200 e. The minimum absolute atomic E-state index is 0.216. The minimum atomic E-state index is 0.216. The zero-order valence-electron chi connectivity index (χ0n) is 13.9. The predicted molar refractivity (Wildman–Crippen MR) is 93.3 cm³/mol. The molecule has 4 heterocycles. The number of anilines is 1. The van der Waals surface area contributed by atoms with Crippen LogP contribution < -0.4 is 4.90 Å². The molecule has 0 N–H and O–H groups in total. The number of imidazole rings is 1. The van der Waals surface area contributed by atoms with Crippen molar-refractivity contribution in [2.24, 2.45) is 0 Å². The molecule has 1 atom stereocenters. The number of tetrazole rings is 1. The lowest BCUT2D eigenvalue weighted by Crippen LogP contribution is -2.26. The molecule has 1 saturated heterocycles. The summed E-state index contributed by atoms with van der Waals surface area (Å²) in [4.78, 5) is 7.25. The van der Waals surface area contributed by atoms with E-state index in [2.05, 4.69) is 55.2 Å². The first kappa shape index (κ1) is 14.3. The Kier molecular flexibility index (Phi) is 3.16. The van der Waals surface area contributed by atoms with Crippen molar-refractivity contribution in [3.63, 3.8) is 0 Å². The Morgan fingerprint density at radius 3 is 3.00 bits per heavy atom. The summed E-state index contributed by atoms with van der Waals surface area (Å²) in [5.41, 5.74) is 2.89. The highest BCUT2D eigenvalue weighted by Crippen LogP contribution is 2.36. The second-order valence-corrected chi connectivity index (χ2v) is 6.27. The molecule has 0 radical (unpaired) electrons. The normalized spacial score (nSPS) is 17.8. The number of aryl methyl sites for hydroxylation is 1. The van der Waals surface area contributed by atoms with E-state index in [1.807, 2.05) is 18.2 Å². The molecule has 1 aliphatic rings. The summed E-state index contributed by atoms with van der Waals surface area (Å²) in [7, 11) is 0. The highest BCUT2D eigenvalue weighted by atomic mass is 15.6. The maximum Gasteiger partial charge on any atom is 0.200 e. The van der Waals surface area contributed by atoms with Crippen molar-refractivity contribution in [2.45, 2.75) is 32.4 Å². The Balaban J connectivity index is 1.61. The fourth-order valence-electron chi connectivity index (χ4n) is 3.78. The average molecular weight is 334 g/mol.